The van der Waals surface area contributed by atoms with Crippen molar-refractivity contribution in [2.45, 2.75) is 40.0 Å². The Bertz CT molecular complexity index is 507. The van der Waals surface area contributed by atoms with Crippen LogP contribution in [0.3, 0.4) is 0 Å². The van der Waals surface area contributed by atoms with E-state index < -0.39 is 17.8 Å². The van der Waals surface area contributed by atoms with Crippen LogP contribution in [0, 0.1) is 5.92 Å². The summed E-state index contributed by atoms with van der Waals surface area (Å²) in [5.74, 6) is -2.20. The summed E-state index contributed by atoms with van der Waals surface area (Å²) >= 11 is 0. The molecule has 0 aromatic heterocycles. The molecule has 1 heterocycles. The fraction of sp³-hybridized carbons (Fsp3) is 0.571. The number of imide groups is 1. The lowest BCUT2D eigenvalue weighted by molar-refractivity contribution is -0.141. The summed E-state index contributed by atoms with van der Waals surface area (Å²) in [7, 11) is 0. The molecule has 7 nitrogen and oxygen atoms in total. The fourth-order valence-electron chi connectivity index (χ4n) is 2.00. The van der Waals surface area contributed by atoms with Crippen LogP contribution >= 0.6 is 0 Å². The van der Waals surface area contributed by atoms with E-state index in [1.807, 2.05) is 13.8 Å². The lowest BCUT2D eigenvalue weighted by Crippen LogP contribution is -2.36. The van der Waals surface area contributed by atoms with Crippen LogP contribution in [0.15, 0.2) is 11.3 Å². The predicted molar refractivity (Wildman–Crippen MR) is 73.9 cm³/mol. The molecule has 1 rings (SSSR count). The van der Waals surface area contributed by atoms with Crippen molar-refractivity contribution in [2.75, 3.05) is 6.54 Å². The normalized spacial score (nSPS) is 15.1. The van der Waals surface area contributed by atoms with Gasteiger partial charge in [0.15, 0.2) is 0 Å². The highest BCUT2D eigenvalue weighted by Crippen LogP contribution is 2.19. The zero-order chi connectivity index (χ0) is 16.2. The smallest absolute Gasteiger partial charge is 0.303 e. The van der Waals surface area contributed by atoms with E-state index in [1.54, 1.807) is 0 Å². The number of aliphatic carboxylic acids is 1. The van der Waals surface area contributed by atoms with Gasteiger partial charge in [0.1, 0.15) is 5.70 Å². The van der Waals surface area contributed by atoms with Gasteiger partial charge in [0.25, 0.3) is 11.8 Å². The summed E-state index contributed by atoms with van der Waals surface area (Å²) in [6.45, 7) is 5.26. The topological polar surface area (TPSA) is 104 Å². The number of rotatable bonds is 7. The summed E-state index contributed by atoms with van der Waals surface area (Å²) in [5.41, 5.74) is 0.188. The van der Waals surface area contributed by atoms with Gasteiger partial charge in [-0.3, -0.25) is 24.1 Å². The summed E-state index contributed by atoms with van der Waals surface area (Å²) in [6.07, 6.45) is 0.329. The molecule has 21 heavy (non-hydrogen) atoms. The van der Waals surface area contributed by atoms with E-state index in [9.17, 15) is 19.2 Å². The van der Waals surface area contributed by atoms with Gasteiger partial charge in [-0.2, -0.15) is 0 Å². The maximum absolute atomic E-state index is 12.1. The van der Waals surface area contributed by atoms with E-state index in [0.717, 1.165) is 4.90 Å². The van der Waals surface area contributed by atoms with Crippen LogP contribution in [0.25, 0.3) is 0 Å². The maximum atomic E-state index is 12.1. The standard InChI is InChI=1S/C14H20N2O5/c1-8(2)7-10(17)15-12-9(3)13(20)16(14(12)21)6-4-5-11(18)19/h8H,4-7H2,1-3H3,(H,15,17)(H,18,19). The SMILES string of the molecule is CC1=C(NC(=O)CC(C)C)C(=O)N(CCCC(=O)O)C1=O. The van der Waals surface area contributed by atoms with Crippen LogP contribution in [-0.4, -0.2) is 40.2 Å². The van der Waals surface area contributed by atoms with Gasteiger partial charge < -0.3 is 10.4 Å². The van der Waals surface area contributed by atoms with Crippen molar-refractivity contribution in [3.63, 3.8) is 0 Å². The first-order valence-corrected chi connectivity index (χ1v) is 6.82. The number of carboxylic acids is 1. The lowest BCUT2D eigenvalue weighted by Gasteiger charge is -2.14. The monoisotopic (exact) mass is 296 g/mol. The van der Waals surface area contributed by atoms with Crippen LogP contribution in [-0.2, 0) is 19.2 Å². The van der Waals surface area contributed by atoms with Crippen LogP contribution in [0.2, 0.25) is 0 Å². The Morgan fingerprint density at radius 3 is 2.38 bits per heavy atom. The summed E-state index contributed by atoms with van der Waals surface area (Å²) in [6, 6.07) is 0. The Hall–Kier alpha value is -2.18. The molecule has 0 spiro atoms. The molecule has 0 atom stereocenters. The molecule has 0 saturated carbocycles. The molecule has 0 aromatic rings. The molecule has 7 heteroatoms. The van der Waals surface area contributed by atoms with Crippen molar-refractivity contribution < 1.29 is 24.3 Å². The average Bonchev–Trinajstić information content (AvgIpc) is 2.54. The summed E-state index contributed by atoms with van der Waals surface area (Å²) < 4.78 is 0. The number of nitrogens with one attached hydrogen (secondary N) is 1. The average molecular weight is 296 g/mol. The Morgan fingerprint density at radius 2 is 1.86 bits per heavy atom. The van der Waals surface area contributed by atoms with Crippen LogP contribution in [0.1, 0.15) is 40.0 Å². The van der Waals surface area contributed by atoms with E-state index in [2.05, 4.69) is 5.32 Å². The van der Waals surface area contributed by atoms with Crippen LogP contribution in [0.5, 0.6) is 0 Å². The molecule has 0 aliphatic carbocycles. The van der Waals surface area contributed by atoms with Crippen molar-refractivity contribution in [1.82, 2.24) is 10.2 Å². The zero-order valence-electron chi connectivity index (χ0n) is 12.4. The minimum atomic E-state index is -0.982. The quantitative estimate of drug-likeness (QED) is 0.671. The molecule has 2 N–H and O–H groups in total. The second kappa shape index (κ2) is 7.01. The van der Waals surface area contributed by atoms with Crippen molar-refractivity contribution >= 4 is 23.7 Å². The van der Waals surface area contributed by atoms with Crippen LogP contribution < -0.4 is 5.32 Å². The molecule has 116 valence electrons. The number of carbonyl (C=O) groups excluding carboxylic acids is 3. The Kier molecular flexibility index (Phi) is 5.63. The van der Waals surface area contributed by atoms with E-state index in [1.165, 1.54) is 6.92 Å². The first-order chi connectivity index (χ1) is 9.73. The third kappa shape index (κ3) is 4.40. The van der Waals surface area contributed by atoms with Crippen molar-refractivity contribution in [3.05, 3.63) is 11.3 Å². The van der Waals surface area contributed by atoms with Gasteiger partial charge in [-0.1, -0.05) is 13.8 Å². The maximum Gasteiger partial charge on any atom is 0.303 e. The van der Waals surface area contributed by atoms with E-state index in [-0.39, 0.29) is 48.9 Å². The minimum absolute atomic E-state index is 0.000903. The van der Waals surface area contributed by atoms with Crippen molar-refractivity contribution in [2.24, 2.45) is 5.92 Å². The van der Waals surface area contributed by atoms with E-state index >= 15 is 0 Å². The van der Waals surface area contributed by atoms with E-state index in [4.69, 9.17) is 5.11 Å². The molecule has 0 saturated heterocycles. The third-order valence-corrected chi connectivity index (χ3v) is 3.03. The molecule has 1 aliphatic rings. The third-order valence-electron chi connectivity index (χ3n) is 3.03. The van der Waals surface area contributed by atoms with Crippen LogP contribution in [0.4, 0.5) is 0 Å². The van der Waals surface area contributed by atoms with Crippen molar-refractivity contribution in [3.8, 4) is 0 Å². The molecular formula is C14H20N2O5. The van der Waals surface area contributed by atoms with E-state index in [0.29, 0.717) is 0 Å². The van der Waals surface area contributed by atoms with Gasteiger partial charge in [0.05, 0.1) is 0 Å². The number of amides is 3. The number of nitrogens with zero attached hydrogens (tertiary/aromatic N) is 1. The number of hydrogen-bond donors (Lipinski definition) is 2. The second-order valence-electron chi connectivity index (χ2n) is 5.41. The van der Waals surface area contributed by atoms with Gasteiger partial charge >= 0.3 is 5.97 Å². The van der Waals surface area contributed by atoms with Gasteiger partial charge in [0, 0.05) is 25.0 Å². The zero-order valence-corrected chi connectivity index (χ0v) is 12.4. The number of carbonyl (C=O) groups is 4. The molecule has 1 aliphatic heterocycles. The minimum Gasteiger partial charge on any atom is -0.481 e. The highest BCUT2D eigenvalue weighted by Gasteiger charge is 2.36. The lowest BCUT2D eigenvalue weighted by atomic mass is 10.1. The Labute approximate surface area is 123 Å². The van der Waals surface area contributed by atoms with Gasteiger partial charge in [-0.25, -0.2) is 0 Å². The summed E-state index contributed by atoms with van der Waals surface area (Å²) in [4.78, 5) is 47.2. The Balaban J connectivity index is 2.69. The van der Waals surface area contributed by atoms with Crippen molar-refractivity contribution in [1.29, 1.82) is 0 Å². The number of hydrogen-bond acceptors (Lipinski definition) is 4. The van der Waals surface area contributed by atoms with Gasteiger partial charge in [-0.05, 0) is 19.3 Å². The highest BCUT2D eigenvalue weighted by atomic mass is 16.4. The first kappa shape index (κ1) is 16.9. The predicted octanol–water partition coefficient (Wildman–Crippen LogP) is 0.656. The summed E-state index contributed by atoms with van der Waals surface area (Å²) in [5, 5.41) is 11.1. The number of carboxylic acid groups (broad SMARTS) is 1. The Morgan fingerprint density at radius 1 is 1.24 bits per heavy atom. The molecule has 3 amide bonds. The first-order valence-electron chi connectivity index (χ1n) is 6.82. The molecule has 0 aromatic carbocycles. The highest BCUT2D eigenvalue weighted by molar-refractivity contribution is 6.19. The molecular weight excluding hydrogens is 276 g/mol. The molecule has 0 bridgehead atoms. The molecule has 0 radical (unpaired) electrons. The molecule has 0 fully saturated rings. The van der Waals surface area contributed by atoms with Gasteiger partial charge in [0.2, 0.25) is 5.91 Å². The van der Waals surface area contributed by atoms with Gasteiger partial charge in [-0.15, -0.1) is 0 Å². The largest absolute Gasteiger partial charge is 0.481 e. The molecule has 0 unspecified atom stereocenters. The fourth-order valence-corrected chi connectivity index (χ4v) is 2.00. The second-order valence-corrected chi connectivity index (χ2v) is 5.41.